The molecule has 7 aromatic carbocycles. The molecule has 10 aromatic rings. The van der Waals surface area contributed by atoms with Gasteiger partial charge in [-0.2, -0.15) is 0 Å². The molecule has 2 N–H and O–H groups in total. The molecule has 1 fully saturated rings. The molecule has 3 aromatic heterocycles. The molecule has 1 saturated heterocycles. The fourth-order valence-electron chi connectivity index (χ4n) is 8.43. The molecule has 3 atom stereocenters. The summed E-state index contributed by atoms with van der Waals surface area (Å²) >= 11 is 3.82. The largest absolute Gasteiger partial charge is 0.456 e. The molecule has 0 spiro atoms. The molecule has 6 heteroatoms. The van der Waals surface area contributed by atoms with E-state index in [0.29, 0.717) is 0 Å². The van der Waals surface area contributed by atoms with E-state index < -0.39 is 0 Å². The zero-order valence-electron chi connectivity index (χ0n) is 28.3. The second-order valence-corrected chi connectivity index (χ2v) is 15.8. The summed E-state index contributed by atoms with van der Waals surface area (Å²) in [6.45, 7) is 0. The lowest BCUT2D eigenvalue weighted by atomic mass is 9.99. The summed E-state index contributed by atoms with van der Waals surface area (Å²) < 4.78 is 11.9. The van der Waals surface area contributed by atoms with E-state index in [4.69, 9.17) is 4.42 Å². The number of benzene rings is 7. The normalized spacial score (nSPS) is 18.4. The van der Waals surface area contributed by atoms with Crippen molar-refractivity contribution in [3.63, 3.8) is 0 Å². The first-order chi connectivity index (χ1) is 25.7. The van der Waals surface area contributed by atoms with E-state index in [-0.39, 0.29) is 18.5 Å². The molecule has 3 unspecified atom stereocenters. The molecule has 0 amide bonds. The Morgan fingerprint density at radius 2 is 1.06 bits per heavy atom. The van der Waals surface area contributed by atoms with Gasteiger partial charge in [0, 0.05) is 73.4 Å². The Morgan fingerprint density at radius 3 is 1.87 bits per heavy atom. The average molecular weight is 708 g/mol. The van der Waals surface area contributed by atoms with Crippen molar-refractivity contribution in [2.45, 2.75) is 18.5 Å². The molecule has 4 nitrogen and oxygen atoms in total. The van der Waals surface area contributed by atoms with Gasteiger partial charge in [-0.05, 0) is 24.7 Å². The highest BCUT2D eigenvalue weighted by molar-refractivity contribution is 7.27. The van der Waals surface area contributed by atoms with Crippen LogP contribution in [0.3, 0.4) is 0 Å². The van der Waals surface area contributed by atoms with Crippen LogP contribution in [0.25, 0.3) is 73.4 Å². The number of nitrogens with zero attached hydrogens (tertiary/aromatic N) is 1. The van der Waals surface area contributed by atoms with Crippen LogP contribution in [0.4, 0.5) is 0 Å². The van der Waals surface area contributed by atoms with E-state index in [0.717, 1.165) is 27.5 Å². The molecule has 4 heterocycles. The molecule has 0 bridgehead atoms. The average Bonchev–Trinajstić information content (AvgIpc) is 3.90. The van der Waals surface area contributed by atoms with Crippen LogP contribution < -0.4 is 10.6 Å². The number of hydrogen-bond donors (Lipinski definition) is 2. The van der Waals surface area contributed by atoms with Gasteiger partial charge in [0.15, 0.2) is 0 Å². The lowest BCUT2D eigenvalue weighted by Crippen LogP contribution is -2.54. The van der Waals surface area contributed by atoms with Crippen LogP contribution in [-0.4, -0.2) is 11.9 Å². The second kappa shape index (κ2) is 11.9. The van der Waals surface area contributed by atoms with Crippen LogP contribution in [0.1, 0.15) is 35.2 Å². The van der Waals surface area contributed by atoms with Crippen molar-refractivity contribution >= 4 is 85.0 Å². The predicted octanol–water partition coefficient (Wildman–Crippen LogP) is 12.5. The molecular formula is C46H33N3OS2. The minimum Gasteiger partial charge on any atom is -0.456 e. The summed E-state index contributed by atoms with van der Waals surface area (Å²) in [4.78, 5) is 2.43. The monoisotopic (exact) mass is 707 g/mol. The van der Waals surface area contributed by atoms with Gasteiger partial charge in [0.05, 0.1) is 18.5 Å². The van der Waals surface area contributed by atoms with Gasteiger partial charge in [0.2, 0.25) is 0 Å². The number of para-hydroxylation sites is 2. The van der Waals surface area contributed by atoms with Crippen LogP contribution in [0, 0.1) is 0 Å². The lowest BCUT2D eigenvalue weighted by molar-refractivity contribution is 0.0426. The Bertz CT molecular complexity index is 2980. The van der Waals surface area contributed by atoms with Gasteiger partial charge >= 0.3 is 0 Å². The van der Waals surface area contributed by atoms with E-state index >= 15 is 0 Å². The van der Waals surface area contributed by atoms with Gasteiger partial charge < -0.3 is 4.42 Å². The fraction of sp³-hybridized carbons (Fsp3) is 0.0870. The summed E-state index contributed by atoms with van der Waals surface area (Å²) in [6.07, 6.45) is -0.286. The Hall–Kier alpha value is -5.34. The van der Waals surface area contributed by atoms with Gasteiger partial charge in [0.1, 0.15) is 11.2 Å². The summed E-state index contributed by atoms with van der Waals surface area (Å²) in [6, 6.07) is 54.8. The first-order valence-corrected chi connectivity index (χ1v) is 19.4. The number of fused-ring (bicyclic) bond motifs is 9. The van der Waals surface area contributed by atoms with Crippen LogP contribution in [0.5, 0.6) is 0 Å². The number of thiophene rings is 2. The van der Waals surface area contributed by atoms with E-state index in [1.54, 1.807) is 0 Å². The van der Waals surface area contributed by atoms with Gasteiger partial charge in [0.25, 0.3) is 0 Å². The minimum absolute atomic E-state index is 0.0390. The van der Waals surface area contributed by atoms with E-state index in [2.05, 4.69) is 168 Å². The highest BCUT2D eigenvalue weighted by Gasteiger charge is 2.37. The fourth-order valence-corrected chi connectivity index (χ4v) is 11.0. The predicted molar refractivity (Wildman–Crippen MR) is 220 cm³/mol. The smallest absolute Gasteiger partial charge is 0.141 e. The van der Waals surface area contributed by atoms with E-state index in [1.165, 1.54) is 62.6 Å². The number of hydrogen-bond acceptors (Lipinski definition) is 6. The Kier molecular flexibility index (Phi) is 6.91. The first kappa shape index (κ1) is 30.3. The van der Waals surface area contributed by atoms with E-state index in [9.17, 15) is 0 Å². The molecule has 0 saturated carbocycles. The molecular weight excluding hydrogens is 675 g/mol. The SMILES string of the molecule is CN1C(c2ccccc2)NC(c2cccc3c2oc2ccccc23)NC1c1cccc2c1sc1c(-c3cccc4c3sc3ccccc34)cccc12. The van der Waals surface area contributed by atoms with Crippen molar-refractivity contribution < 1.29 is 4.42 Å². The molecule has 250 valence electrons. The van der Waals surface area contributed by atoms with Crippen molar-refractivity contribution in [3.8, 4) is 11.1 Å². The standard InChI is InChI=1S/C46H33N3OS2/c1-49-45(27-13-3-2-4-14-27)47-44(36-23-9-17-30-28-15-5-7-25-38(28)50-40(30)36)48-46(49)37-24-12-22-35-34-21-11-20-33(42(34)52-43(35)37)32-19-10-18-31-29-16-6-8-26-39(29)51-41(31)32/h2-26,44-48H,1H3. The Balaban J connectivity index is 1.09. The number of furan rings is 1. The maximum atomic E-state index is 6.57. The highest BCUT2D eigenvalue weighted by atomic mass is 32.1. The molecule has 1 aliphatic rings. The van der Waals surface area contributed by atoms with Crippen molar-refractivity contribution in [1.29, 1.82) is 0 Å². The van der Waals surface area contributed by atoms with Gasteiger partial charge in [-0.1, -0.05) is 140 Å². The second-order valence-electron chi connectivity index (χ2n) is 13.8. The molecule has 52 heavy (non-hydrogen) atoms. The van der Waals surface area contributed by atoms with Crippen molar-refractivity contribution in [1.82, 2.24) is 15.5 Å². The van der Waals surface area contributed by atoms with Crippen LogP contribution in [0.2, 0.25) is 0 Å². The van der Waals surface area contributed by atoms with Gasteiger partial charge in [-0.15, -0.1) is 22.7 Å². The minimum atomic E-state index is -0.165. The maximum Gasteiger partial charge on any atom is 0.141 e. The quantitative estimate of drug-likeness (QED) is 0.191. The third-order valence-corrected chi connectivity index (χ3v) is 13.4. The van der Waals surface area contributed by atoms with Gasteiger partial charge in [-0.25, -0.2) is 0 Å². The summed E-state index contributed by atoms with van der Waals surface area (Å²) in [5, 5.41) is 15.6. The molecule has 0 radical (unpaired) electrons. The van der Waals surface area contributed by atoms with Crippen LogP contribution in [0.15, 0.2) is 156 Å². The zero-order valence-corrected chi connectivity index (χ0v) is 30.0. The van der Waals surface area contributed by atoms with Crippen LogP contribution >= 0.6 is 22.7 Å². The van der Waals surface area contributed by atoms with Crippen LogP contribution in [-0.2, 0) is 0 Å². The topological polar surface area (TPSA) is 40.4 Å². The van der Waals surface area contributed by atoms with Crippen molar-refractivity contribution in [3.05, 3.63) is 168 Å². The lowest BCUT2D eigenvalue weighted by Gasteiger charge is -2.45. The Morgan fingerprint density at radius 1 is 0.481 bits per heavy atom. The van der Waals surface area contributed by atoms with Crippen molar-refractivity contribution in [2.75, 3.05) is 7.05 Å². The van der Waals surface area contributed by atoms with Crippen molar-refractivity contribution in [2.24, 2.45) is 0 Å². The third kappa shape index (κ3) is 4.56. The highest BCUT2D eigenvalue weighted by Crippen LogP contribution is 2.48. The maximum absolute atomic E-state index is 6.57. The molecule has 0 aliphatic carbocycles. The summed E-state index contributed by atoms with van der Waals surface area (Å²) in [5.74, 6) is 0. The van der Waals surface area contributed by atoms with Gasteiger partial charge in [-0.3, -0.25) is 15.5 Å². The Labute approximate surface area is 308 Å². The third-order valence-electron chi connectivity index (χ3n) is 10.9. The van der Waals surface area contributed by atoms with E-state index in [1.807, 2.05) is 28.7 Å². The number of rotatable bonds is 4. The summed E-state index contributed by atoms with van der Waals surface area (Å²) in [5.41, 5.74) is 8.03. The zero-order chi connectivity index (χ0) is 34.3. The molecule has 1 aliphatic heterocycles. The summed E-state index contributed by atoms with van der Waals surface area (Å²) in [7, 11) is 2.22. The molecule has 11 rings (SSSR count). The number of nitrogens with one attached hydrogen (secondary N) is 2. The first-order valence-electron chi connectivity index (χ1n) is 17.8.